The van der Waals surface area contributed by atoms with Gasteiger partial charge in [0.15, 0.2) is 6.10 Å². The molecule has 2 aromatic rings. The smallest absolute Gasteiger partial charge is 0.416 e. The third-order valence-electron chi connectivity index (χ3n) is 5.15. The van der Waals surface area contributed by atoms with Crippen LogP contribution in [-0.4, -0.2) is 58.8 Å². The molecule has 0 radical (unpaired) electrons. The summed E-state index contributed by atoms with van der Waals surface area (Å²) in [6.07, 6.45) is -6.11. The van der Waals surface area contributed by atoms with Crippen LogP contribution in [0.15, 0.2) is 48.5 Å². The molecule has 11 nitrogen and oxygen atoms in total. The number of amides is 2. The summed E-state index contributed by atoms with van der Waals surface area (Å²) >= 11 is 0. The molecule has 208 valence electrons. The minimum Gasteiger partial charge on any atom is -0.485 e. The zero-order chi connectivity index (χ0) is 28.1. The normalized spacial score (nSPS) is 12.2. The number of halogens is 3. The van der Waals surface area contributed by atoms with Gasteiger partial charge >= 0.3 is 12.1 Å². The lowest BCUT2D eigenvalue weighted by Gasteiger charge is -2.20. The number of nitrogens with one attached hydrogen (secondary N) is 2. The first kappa shape index (κ1) is 30.5. The van der Waals surface area contributed by atoms with E-state index in [2.05, 4.69) is 20.4 Å². The molecule has 0 bridgehead atoms. The number of carboxylic acids is 1. The van der Waals surface area contributed by atoms with Crippen LogP contribution in [0.5, 0.6) is 5.75 Å². The third-order valence-corrected chi connectivity index (χ3v) is 5.15. The molecule has 2 aromatic carbocycles. The van der Waals surface area contributed by atoms with E-state index in [-0.39, 0.29) is 32.6 Å². The second kappa shape index (κ2) is 14.9. The summed E-state index contributed by atoms with van der Waals surface area (Å²) in [6.45, 7) is -0.676. The molecule has 38 heavy (non-hydrogen) atoms. The fourth-order valence-electron chi connectivity index (χ4n) is 3.23. The Morgan fingerprint density at radius 3 is 1.97 bits per heavy atom. The van der Waals surface area contributed by atoms with Crippen molar-refractivity contribution in [2.45, 2.75) is 44.1 Å². The molecule has 0 aliphatic carbocycles. The molecule has 5 N–H and O–H groups in total. The predicted octanol–water partition coefficient (Wildman–Crippen LogP) is 2.64. The SMILES string of the molecule is O=C(O)CCC(=O)NC(Cc1ccc(OC(COO)COO)cc1)C(=O)NCc1ccc(C(F)(F)F)cc1. The highest BCUT2D eigenvalue weighted by molar-refractivity contribution is 5.88. The fourth-order valence-corrected chi connectivity index (χ4v) is 3.23. The topological polar surface area (TPSA) is 164 Å². The molecule has 0 heterocycles. The van der Waals surface area contributed by atoms with E-state index in [0.717, 1.165) is 12.1 Å². The number of aliphatic carboxylic acids is 1. The number of rotatable bonds is 15. The van der Waals surface area contributed by atoms with Gasteiger partial charge in [-0.05, 0) is 35.4 Å². The molecular formula is C24H27F3N2O9. The van der Waals surface area contributed by atoms with Crippen LogP contribution in [0.4, 0.5) is 13.2 Å². The number of hydrogen-bond acceptors (Lipinski definition) is 8. The highest BCUT2D eigenvalue weighted by Gasteiger charge is 2.30. The molecule has 0 saturated heterocycles. The lowest BCUT2D eigenvalue weighted by molar-refractivity contribution is -0.286. The molecule has 2 rings (SSSR count). The molecule has 0 aliphatic rings. The fraction of sp³-hybridized carbons (Fsp3) is 0.375. The van der Waals surface area contributed by atoms with Gasteiger partial charge in [0.05, 0.1) is 12.0 Å². The van der Waals surface area contributed by atoms with Crippen molar-refractivity contribution in [3.8, 4) is 5.75 Å². The van der Waals surface area contributed by atoms with E-state index in [4.69, 9.17) is 20.4 Å². The molecular weight excluding hydrogens is 517 g/mol. The van der Waals surface area contributed by atoms with Crippen molar-refractivity contribution in [3.05, 3.63) is 65.2 Å². The summed E-state index contributed by atoms with van der Waals surface area (Å²) in [4.78, 5) is 43.8. The van der Waals surface area contributed by atoms with Crippen molar-refractivity contribution in [2.24, 2.45) is 0 Å². The van der Waals surface area contributed by atoms with E-state index in [0.29, 0.717) is 16.9 Å². The molecule has 1 atom stereocenters. The summed E-state index contributed by atoms with van der Waals surface area (Å²) in [5.41, 5.74) is 0.152. The Bertz CT molecular complexity index is 1040. The van der Waals surface area contributed by atoms with Crippen LogP contribution in [0.3, 0.4) is 0 Å². The van der Waals surface area contributed by atoms with Gasteiger partial charge in [0.2, 0.25) is 11.8 Å². The Balaban J connectivity index is 2.08. The maximum Gasteiger partial charge on any atom is 0.416 e. The number of carbonyl (C=O) groups excluding carboxylic acids is 2. The summed E-state index contributed by atoms with van der Waals surface area (Å²) in [7, 11) is 0. The van der Waals surface area contributed by atoms with Crippen LogP contribution < -0.4 is 15.4 Å². The average molecular weight is 544 g/mol. The van der Waals surface area contributed by atoms with Crippen molar-refractivity contribution in [2.75, 3.05) is 13.2 Å². The van der Waals surface area contributed by atoms with Gasteiger partial charge in [0.1, 0.15) is 25.0 Å². The quantitative estimate of drug-likeness (QED) is 0.168. The maximum absolute atomic E-state index is 12.9. The Morgan fingerprint density at radius 2 is 1.45 bits per heavy atom. The molecule has 0 fully saturated rings. The number of carbonyl (C=O) groups is 3. The van der Waals surface area contributed by atoms with Gasteiger partial charge in [-0.15, -0.1) is 0 Å². The Labute approximate surface area is 215 Å². The number of alkyl halides is 3. The molecule has 2 amide bonds. The third kappa shape index (κ3) is 10.7. The van der Waals surface area contributed by atoms with Gasteiger partial charge in [-0.3, -0.25) is 24.9 Å². The van der Waals surface area contributed by atoms with E-state index in [9.17, 15) is 27.6 Å². The van der Waals surface area contributed by atoms with E-state index in [1.807, 2.05) is 0 Å². The minimum absolute atomic E-state index is 0.000860. The van der Waals surface area contributed by atoms with Crippen LogP contribution in [0, 0.1) is 0 Å². The largest absolute Gasteiger partial charge is 0.485 e. The van der Waals surface area contributed by atoms with Crippen molar-refractivity contribution < 1.29 is 57.7 Å². The first-order valence-corrected chi connectivity index (χ1v) is 11.2. The first-order valence-electron chi connectivity index (χ1n) is 11.2. The summed E-state index contributed by atoms with van der Waals surface area (Å²) in [5.74, 6) is -2.16. The number of benzene rings is 2. The van der Waals surface area contributed by atoms with Crippen molar-refractivity contribution in [1.29, 1.82) is 0 Å². The lowest BCUT2D eigenvalue weighted by Crippen LogP contribution is -2.47. The average Bonchev–Trinajstić information content (AvgIpc) is 2.87. The predicted molar refractivity (Wildman–Crippen MR) is 124 cm³/mol. The Hall–Kier alpha value is -3.72. The van der Waals surface area contributed by atoms with Crippen LogP contribution >= 0.6 is 0 Å². The van der Waals surface area contributed by atoms with Crippen molar-refractivity contribution in [3.63, 3.8) is 0 Å². The van der Waals surface area contributed by atoms with Crippen LogP contribution in [0.2, 0.25) is 0 Å². The highest BCUT2D eigenvalue weighted by atomic mass is 19.4. The molecule has 0 aromatic heterocycles. The molecule has 0 spiro atoms. The Morgan fingerprint density at radius 1 is 0.868 bits per heavy atom. The van der Waals surface area contributed by atoms with E-state index >= 15 is 0 Å². The minimum atomic E-state index is -4.49. The second-order valence-corrected chi connectivity index (χ2v) is 8.11. The van der Waals surface area contributed by atoms with Crippen LogP contribution in [0.1, 0.15) is 29.5 Å². The zero-order valence-corrected chi connectivity index (χ0v) is 19.9. The van der Waals surface area contributed by atoms with Gasteiger partial charge < -0.3 is 20.5 Å². The van der Waals surface area contributed by atoms with Crippen LogP contribution in [0.25, 0.3) is 0 Å². The summed E-state index contributed by atoms with van der Waals surface area (Å²) in [6, 6.07) is 9.34. The van der Waals surface area contributed by atoms with Gasteiger partial charge in [-0.25, -0.2) is 9.78 Å². The van der Waals surface area contributed by atoms with Gasteiger partial charge in [-0.1, -0.05) is 24.3 Å². The van der Waals surface area contributed by atoms with E-state index < -0.39 is 48.1 Å². The number of carboxylic acid groups (broad SMARTS) is 1. The van der Waals surface area contributed by atoms with Gasteiger partial charge in [-0.2, -0.15) is 13.2 Å². The van der Waals surface area contributed by atoms with Crippen molar-refractivity contribution >= 4 is 17.8 Å². The van der Waals surface area contributed by atoms with E-state index in [1.54, 1.807) is 12.1 Å². The van der Waals surface area contributed by atoms with Gasteiger partial charge in [0, 0.05) is 19.4 Å². The standard InChI is InChI=1S/C24H27F3N2O9/c25-24(26,27)17-5-1-16(2-6-17)12-28-23(33)20(29-21(30)9-10-22(31)32)11-15-3-7-18(8-4-15)38-19(13-36-34)14-37-35/h1-8,19-20,34-35H,9-14H2,(H,28,33)(H,29,30)(H,31,32). The lowest BCUT2D eigenvalue weighted by atomic mass is 10.0. The van der Waals surface area contributed by atoms with Crippen LogP contribution in [-0.2, 0) is 43.3 Å². The summed E-state index contributed by atoms with van der Waals surface area (Å²) in [5, 5.41) is 31.0. The summed E-state index contributed by atoms with van der Waals surface area (Å²) < 4.78 is 43.7. The molecule has 0 saturated carbocycles. The van der Waals surface area contributed by atoms with Crippen molar-refractivity contribution in [1.82, 2.24) is 10.6 Å². The first-order chi connectivity index (χ1) is 18.0. The highest BCUT2D eigenvalue weighted by Crippen LogP contribution is 2.29. The van der Waals surface area contributed by atoms with E-state index in [1.165, 1.54) is 24.3 Å². The molecule has 0 aliphatic heterocycles. The molecule has 1 unspecified atom stereocenters. The number of hydrogen-bond donors (Lipinski definition) is 5. The van der Waals surface area contributed by atoms with Gasteiger partial charge in [0.25, 0.3) is 0 Å². The zero-order valence-electron chi connectivity index (χ0n) is 19.9. The number of ether oxygens (including phenoxy) is 1. The monoisotopic (exact) mass is 544 g/mol. The Kier molecular flexibility index (Phi) is 11.9. The second-order valence-electron chi connectivity index (χ2n) is 8.11. The maximum atomic E-state index is 12.9. The molecule has 14 heteroatoms.